The predicted molar refractivity (Wildman–Crippen MR) is 79.7 cm³/mol. The molecule has 4 heteroatoms. The number of aromatic nitrogens is 2. The monoisotopic (exact) mass is 273 g/mol. The molecule has 0 amide bonds. The zero-order valence-electron chi connectivity index (χ0n) is 12.9. The van der Waals surface area contributed by atoms with E-state index in [-0.39, 0.29) is 5.54 Å². The van der Waals surface area contributed by atoms with Gasteiger partial charge in [0.2, 0.25) is 5.89 Å². The molecule has 0 aliphatic rings. The summed E-state index contributed by atoms with van der Waals surface area (Å²) in [6.07, 6.45) is 0.701. The molecule has 1 aromatic carbocycles. The van der Waals surface area contributed by atoms with Crippen molar-refractivity contribution >= 4 is 0 Å². The van der Waals surface area contributed by atoms with Gasteiger partial charge in [0.25, 0.3) is 0 Å². The number of hydrogen-bond acceptors (Lipinski definition) is 4. The molecule has 1 aromatic heterocycles. The Labute approximate surface area is 120 Å². The van der Waals surface area contributed by atoms with Crippen LogP contribution in [0.1, 0.15) is 49.2 Å². The van der Waals surface area contributed by atoms with E-state index in [0.717, 1.165) is 12.4 Å². The minimum Gasteiger partial charge on any atom is -0.337 e. The highest BCUT2D eigenvalue weighted by molar-refractivity contribution is 5.31. The van der Waals surface area contributed by atoms with Crippen LogP contribution in [0, 0.1) is 13.8 Å². The molecule has 2 rings (SSSR count). The number of aryl methyl sites for hydroxylation is 2. The Morgan fingerprint density at radius 3 is 2.60 bits per heavy atom. The molecule has 0 aliphatic heterocycles. The van der Waals surface area contributed by atoms with E-state index in [4.69, 9.17) is 4.52 Å². The van der Waals surface area contributed by atoms with Gasteiger partial charge in [-0.15, -0.1) is 0 Å². The third kappa shape index (κ3) is 3.25. The van der Waals surface area contributed by atoms with Crippen molar-refractivity contribution in [2.45, 2.75) is 46.6 Å². The van der Waals surface area contributed by atoms with Crippen LogP contribution >= 0.6 is 0 Å². The van der Waals surface area contributed by atoms with Gasteiger partial charge in [-0.25, -0.2) is 0 Å². The van der Waals surface area contributed by atoms with Crippen LogP contribution in [0.2, 0.25) is 0 Å². The number of rotatable bonds is 5. The Morgan fingerprint density at radius 1 is 1.20 bits per heavy atom. The van der Waals surface area contributed by atoms with Gasteiger partial charge in [-0.3, -0.25) is 0 Å². The van der Waals surface area contributed by atoms with Gasteiger partial charge in [-0.2, -0.15) is 4.98 Å². The molecule has 0 atom stereocenters. The fourth-order valence-electron chi connectivity index (χ4n) is 2.19. The van der Waals surface area contributed by atoms with E-state index in [1.165, 1.54) is 16.7 Å². The van der Waals surface area contributed by atoms with Crippen molar-refractivity contribution in [1.82, 2.24) is 15.5 Å². The number of nitrogens with one attached hydrogen (secondary N) is 1. The van der Waals surface area contributed by atoms with Crippen LogP contribution in [0.25, 0.3) is 0 Å². The molecule has 20 heavy (non-hydrogen) atoms. The molecule has 0 unspecified atom stereocenters. The second-order valence-corrected chi connectivity index (χ2v) is 5.77. The summed E-state index contributed by atoms with van der Waals surface area (Å²) in [6.45, 7) is 11.3. The lowest BCUT2D eigenvalue weighted by Crippen LogP contribution is -2.36. The quantitative estimate of drug-likeness (QED) is 0.909. The average Bonchev–Trinajstić information content (AvgIpc) is 2.83. The molecule has 108 valence electrons. The maximum atomic E-state index is 5.38. The van der Waals surface area contributed by atoms with Crippen LogP contribution < -0.4 is 5.32 Å². The largest absolute Gasteiger partial charge is 0.337 e. The summed E-state index contributed by atoms with van der Waals surface area (Å²) in [4.78, 5) is 4.51. The molecule has 0 radical (unpaired) electrons. The highest BCUT2D eigenvalue weighted by atomic mass is 16.5. The molecule has 2 aromatic rings. The van der Waals surface area contributed by atoms with Crippen LogP contribution in [0.4, 0.5) is 0 Å². The van der Waals surface area contributed by atoms with E-state index >= 15 is 0 Å². The Balaban J connectivity index is 2.15. The lowest BCUT2D eigenvalue weighted by atomic mass is 10.0. The maximum absolute atomic E-state index is 5.38. The molecular weight excluding hydrogens is 250 g/mol. The summed E-state index contributed by atoms with van der Waals surface area (Å²) in [5.41, 5.74) is 3.51. The smallest absolute Gasteiger partial charge is 0.246 e. The Morgan fingerprint density at radius 2 is 1.95 bits per heavy atom. The maximum Gasteiger partial charge on any atom is 0.246 e. The van der Waals surface area contributed by atoms with Crippen molar-refractivity contribution in [2.24, 2.45) is 0 Å². The summed E-state index contributed by atoms with van der Waals surface area (Å²) < 4.78 is 5.38. The third-order valence-electron chi connectivity index (χ3n) is 3.56. The van der Waals surface area contributed by atoms with Crippen LogP contribution in [-0.4, -0.2) is 16.7 Å². The lowest BCUT2D eigenvalue weighted by Gasteiger charge is -2.20. The molecule has 0 fully saturated rings. The van der Waals surface area contributed by atoms with E-state index in [0.29, 0.717) is 12.3 Å². The van der Waals surface area contributed by atoms with Gasteiger partial charge in [0.15, 0.2) is 5.82 Å². The normalized spacial score (nSPS) is 11.8. The molecule has 4 nitrogen and oxygen atoms in total. The topological polar surface area (TPSA) is 51.0 Å². The first-order valence-corrected chi connectivity index (χ1v) is 7.06. The zero-order valence-corrected chi connectivity index (χ0v) is 12.9. The van der Waals surface area contributed by atoms with Crippen molar-refractivity contribution in [3.63, 3.8) is 0 Å². The van der Waals surface area contributed by atoms with Gasteiger partial charge in [0.05, 0.1) is 5.54 Å². The van der Waals surface area contributed by atoms with E-state index < -0.39 is 0 Å². The molecule has 1 heterocycles. The summed E-state index contributed by atoms with van der Waals surface area (Å²) in [6, 6.07) is 6.43. The van der Waals surface area contributed by atoms with E-state index in [1.807, 2.05) is 13.8 Å². The Kier molecular flexibility index (Phi) is 4.23. The molecular formula is C16H23N3O. The van der Waals surface area contributed by atoms with E-state index in [1.54, 1.807) is 0 Å². The van der Waals surface area contributed by atoms with Crippen molar-refractivity contribution in [3.05, 3.63) is 46.6 Å². The molecule has 0 aliphatic carbocycles. The molecule has 1 N–H and O–H groups in total. The Bertz CT molecular complexity index is 587. The second kappa shape index (κ2) is 5.75. The molecule has 0 spiro atoms. The van der Waals surface area contributed by atoms with E-state index in [9.17, 15) is 0 Å². The highest BCUT2D eigenvalue weighted by Crippen LogP contribution is 2.19. The number of hydrogen-bond donors (Lipinski definition) is 1. The van der Waals surface area contributed by atoms with Gasteiger partial charge >= 0.3 is 0 Å². The van der Waals surface area contributed by atoms with Crippen LogP contribution in [0.15, 0.2) is 22.7 Å². The summed E-state index contributed by atoms with van der Waals surface area (Å²) in [5, 5.41) is 7.42. The number of benzene rings is 1. The van der Waals surface area contributed by atoms with Gasteiger partial charge in [-0.1, -0.05) is 30.3 Å². The van der Waals surface area contributed by atoms with Crippen molar-refractivity contribution < 1.29 is 4.52 Å². The van der Waals surface area contributed by atoms with Crippen molar-refractivity contribution in [2.75, 3.05) is 6.54 Å². The lowest BCUT2D eigenvalue weighted by molar-refractivity contribution is 0.271. The zero-order chi connectivity index (χ0) is 14.8. The predicted octanol–water partition coefficient (Wildman–Crippen LogP) is 3.12. The fourth-order valence-corrected chi connectivity index (χ4v) is 2.19. The molecule has 0 saturated carbocycles. The first-order chi connectivity index (χ1) is 9.42. The minimum absolute atomic E-state index is 0.288. The Hall–Kier alpha value is -1.68. The second-order valence-electron chi connectivity index (χ2n) is 5.77. The standard InChI is InChI=1S/C16H23N3O/c1-6-17-16(4,5)15-18-14(19-20-15)10-13-8-7-11(2)12(3)9-13/h7-9,17H,6,10H2,1-5H3. The molecule has 0 bridgehead atoms. The van der Waals surface area contributed by atoms with Crippen molar-refractivity contribution in [3.8, 4) is 0 Å². The van der Waals surface area contributed by atoms with Gasteiger partial charge in [0.1, 0.15) is 0 Å². The fraction of sp³-hybridized carbons (Fsp3) is 0.500. The van der Waals surface area contributed by atoms with E-state index in [2.05, 4.69) is 54.4 Å². The first-order valence-electron chi connectivity index (χ1n) is 7.06. The first kappa shape index (κ1) is 14.7. The van der Waals surface area contributed by atoms with Crippen LogP contribution in [-0.2, 0) is 12.0 Å². The van der Waals surface area contributed by atoms with Crippen LogP contribution in [0.3, 0.4) is 0 Å². The SMILES string of the molecule is CCNC(C)(C)c1nc(Cc2ccc(C)c(C)c2)no1. The van der Waals surface area contributed by atoms with Crippen LogP contribution in [0.5, 0.6) is 0 Å². The van der Waals surface area contributed by atoms with Gasteiger partial charge < -0.3 is 9.84 Å². The summed E-state index contributed by atoms with van der Waals surface area (Å²) >= 11 is 0. The average molecular weight is 273 g/mol. The number of nitrogens with zero attached hydrogens (tertiary/aromatic N) is 2. The highest BCUT2D eigenvalue weighted by Gasteiger charge is 2.26. The summed E-state index contributed by atoms with van der Waals surface area (Å²) in [5.74, 6) is 1.37. The van der Waals surface area contributed by atoms with Gasteiger partial charge in [0, 0.05) is 6.42 Å². The molecule has 0 saturated heterocycles. The summed E-state index contributed by atoms with van der Waals surface area (Å²) in [7, 11) is 0. The van der Waals surface area contributed by atoms with Gasteiger partial charge in [-0.05, 0) is 50.9 Å². The minimum atomic E-state index is -0.288. The van der Waals surface area contributed by atoms with Crippen molar-refractivity contribution in [1.29, 1.82) is 0 Å². The third-order valence-corrected chi connectivity index (χ3v) is 3.56.